The highest BCUT2D eigenvalue weighted by atomic mass is 16.6. The summed E-state index contributed by atoms with van der Waals surface area (Å²) in [4.78, 5) is 11.0. The number of hydrogen-bond acceptors (Lipinski definition) is 4. The predicted octanol–water partition coefficient (Wildman–Crippen LogP) is -0.386. The van der Waals surface area contributed by atoms with Crippen molar-refractivity contribution in [1.29, 1.82) is 0 Å². The van der Waals surface area contributed by atoms with Crippen LogP contribution in [0.15, 0.2) is 0 Å². The number of carbonyl (C=O) groups excluding carboxylic acids is 1. The van der Waals surface area contributed by atoms with Crippen molar-refractivity contribution in [3.05, 3.63) is 0 Å². The summed E-state index contributed by atoms with van der Waals surface area (Å²) in [5, 5.41) is 0. The minimum Gasteiger partial charge on any atom is -0.459 e. The van der Waals surface area contributed by atoms with Crippen LogP contribution >= 0.6 is 0 Å². The summed E-state index contributed by atoms with van der Waals surface area (Å²) < 4.78 is 4.95. The van der Waals surface area contributed by atoms with Crippen LogP contribution < -0.4 is 11.5 Å². The van der Waals surface area contributed by atoms with Crippen LogP contribution in [0.2, 0.25) is 0 Å². The van der Waals surface area contributed by atoms with Crippen molar-refractivity contribution < 1.29 is 9.53 Å². The van der Waals surface area contributed by atoms with Crippen molar-refractivity contribution >= 4 is 5.97 Å². The Morgan fingerprint density at radius 2 is 2.00 bits per heavy atom. The summed E-state index contributed by atoms with van der Waals surface area (Å²) in [6.07, 6.45) is 0. The molecule has 0 amide bonds. The lowest BCUT2D eigenvalue weighted by atomic mass is 10.2. The fourth-order valence-electron chi connectivity index (χ4n) is 0.474. The zero-order chi connectivity index (χ0) is 9.07. The molecular weight excluding hydrogens is 144 g/mol. The van der Waals surface area contributed by atoms with E-state index in [2.05, 4.69) is 0 Å². The van der Waals surface area contributed by atoms with Crippen LogP contribution in [0.1, 0.15) is 20.8 Å². The summed E-state index contributed by atoms with van der Waals surface area (Å²) in [5.41, 5.74) is 10.0. The van der Waals surface area contributed by atoms with Gasteiger partial charge in [0.25, 0.3) is 0 Å². The van der Waals surface area contributed by atoms with Gasteiger partial charge in [-0.25, -0.2) is 0 Å². The number of esters is 1. The Hall–Kier alpha value is -0.610. The molecule has 0 aromatic heterocycles. The van der Waals surface area contributed by atoms with Crippen LogP contribution in [0.3, 0.4) is 0 Å². The Kier molecular flexibility index (Phi) is 3.48. The Morgan fingerprint density at radius 1 is 1.55 bits per heavy atom. The molecule has 0 spiro atoms. The molecule has 0 aliphatic rings. The molecule has 0 aromatic carbocycles. The van der Waals surface area contributed by atoms with Gasteiger partial charge in [0.1, 0.15) is 11.6 Å². The fourth-order valence-corrected chi connectivity index (χ4v) is 0.474. The molecule has 0 heterocycles. The highest BCUT2D eigenvalue weighted by Gasteiger charge is 2.20. The second-order valence-electron chi connectivity index (χ2n) is 3.38. The maximum Gasteiger partial charge on any atom is 0.324 e. The van der Waals surface area contributed by atoms with E-state index in [1.54, 1.807) is 20.8 Å². The van der Waals surface area contributed by atoms with Gasteiger partial charge in [0.05, 0.1) is 0 Å². The average Bonchev–Trinajstić information content (AvgIpc) is 1.82. The van der Waals surface area contributed by atoms with Gasteiger partial charge in [0.15, 0.2) is 0 Å². The molecule has 0 saturated heterocycles. The van der Waals surface area contributed by atoms with Crippen molar-refractivity contribution in [1.82, 2.24) is 0 Å². The lowest BCUT2D eigenvalue weighted by Crippen LogP contribution is -2.42. The number of carbonyl (C=O) groups is 1. The molecule has 11 heavy (non-hydrogen) atoms. The van der Waals surface area contributed by atoms with Crippen LogP contribution in [0, 0.1) is 0 Å². The van der Waals surface area contributed by atoms with E-state index in [0.717, 1.165) is 0 Å². The molecule has 0 rings (SSSR count). The largest absolute Gasteiger partial charge is 0.459 e. The molecule has 0 bridgehead atoms. The van der Waals surface area contributed by atoms with Gasteiger partial charge in [-0.05, 0) is 20.8 Å². The molecule has 66 valence electrons. The van der Waals surface area contributed by atoms with Crippen LogP contribution in [0.25, 0.3) is 0 Å². The van der Waals surface area contributed by atoms with Crippen LogP contribution in [0.4, 0.5) is 0 Å². The maximum atomic E-state index is 11.0. The minimum absolute atomic E-state index is 0.120. The van der Waals surface area contributed by atoms with Gasteiger partial charge in [-0.1, -0.05) is 0 Å². The molecule has 0 aliphatic carbocycles. The van der Waals surface area contributed by atoms with Crippen molar-refractivity contribution in [3.8, 4) is 0 Å². The lowest BCUT2D eigenvalue weighted by molar-refractivity contribution is -0.156. The first-order chi connectivity index (χ1) is 4.87. The maximum absolute atomic E-state index is 11.0. The Bertz CT molecular complexity index is 140. The standard InChI is InChI=1S/C7H16N2O2/c1-7(2,3)11-6(10)5(9)4-8/h5H,4,8-9H2,1-3H3. The van der Waals surface area contributed by atoms with Crippen LogP contribution in [-0.4, -0.2) is 24.2 Å². The number of rotatable bonds is 2. The average molecular weight is 160 g/mol. The van der Waals surface area contributed by atoms with Crippen LogP contribution in [0.5, 0.6) is 0 Å². The molecule has 0 saturated carbocycles. The first-order valence-electron chi connectivity index (χ1n) is 3.55. The quantitative estimate of drug-likeness (QED) is 0.539. The van der Waals surface area contributed by atoms with E-state index in [-0.39, 0.29) is 6.54 Å². The zero-order valence-corrected chi connectivity index (χ0v) is 7.26. The van der Waals surface area contributed by atoms with Gasteiger partial charge in [-0.15, -0.1) is 0 Å². The summed E-state index contributed by atoms with van der Waals surface area (Å²) in [6.45, 7) is 5.48. The Balaban J connectivity index is 3.88. The summed E-state index contributed by atoms with van der Waals surface area (Å²) in [5.74, 6) is -0.444. The number of nitrogens with two attached hydrogens (primary N) is 2. The van der Waals surface area contributed by atoms with E-state index in [9.17, 15) is 4.79 Å². The third-order valence-electron chi connectivity index (χ3n) is 0.963. The summed E-state index contributed by atoms with van der Waals surface area (Å²) in [7, 11) is 0. The molecule has 1 atom stereocenters. The van der Waals surface area contributed by atoms with E-state index in [4.69, 9.17) is 16.2 Å². The Labute approximate surface area is 66.9 Å². The second kappa shape index (κ2) is 3.69. The smallest absolute Gasteiger partial charge is 0.324 e. The van der Waals surface area contributed by atoms with E-state index < -0.39 is 17.6 Å². The molecule has 4 nitrogen and oxygen atoms in total. The van der Waals surface area contributed by atoms with Gasteiger partial charge >= 0.3 is 5.97 Å². The molecule has 0 aromatic rings. The molecular formula is C7H16N2O2. The van der Waals surface area contributed by atoms with Gasteiger partial charge in [-0.2, -0.15) is 0 Å². The monoisotopic (exact) mass is 160 g/mol. The normalized spacial score (nSPS) is 14.3. The molecule has 0 radical (unpaired) electrons. The van der Waals surface area contributed by atoms with Gasteiger partial charge in [-0.3, -0.25) is 4.79 Å². The lowest BCUT2D eigenvalue weighted by Gasteiger charge is -2.21. The first kappa shape index (κ1) is 10.4. The third kappa shape index (κ3) is 4.75. The minimum atomic E-state index is -0.700. The van der Waals surface area contributed by atoms with Crippen LogP contribution in [-0.2, 0) is 9.53 Å². The number of hydrogen-bond donors (Lipinski definition) is 2. The fraction of sp³-hybridized carbons (Fsp3) is 0.857. The Morgan fingerprint density at radius 3 is 2.27 bits per heavy atom. The molecule has 0 aliphatic heterocycles. The topological polar surface area (TPSA) is 78.3 Å². The van der Waals surface area contributed by atoms with E-state index >= 15 is 0 Å². The highest BCUT2D eigenvalue weighted by molar-refractivity contribution is 5.76. The molecule has 4 heteroatoms. The van der Waals surface area contributed by atoms with E-state index in [1.807, 2.05) is 0 Å². The van der Waals surface area contributed by atoms with Gasteiger partial charge in [0, 0.05) is 6.54 Å². The SMILES string of the molecule is CC(C)(C)OC(=O)C(N)CN. The molecule has 1 unspecified atom stereocenters. The molecule has 4 N–H and O–H groups in total. The van der Waals surface area contributed by atoms with Gasteiger partial charge in [0.2, 0.25) is 0 Å². The van der Waals surface area contributed by atoms with Crippen molar-refractivity contribution in [3.63, 3.8) is 0 Å². The van der Waals surface area contributed by atoms with Crippen molar-refractivity contribution in [2.75, 3.05) is 6.54 Å². The molecule has 0 fully saturated rings. The highest BCUT2D eigenvalue weighted by Crippen LogP contribution is 2.07. The van der Waals surface area contributed by atoms with E-state index in [1.165, 1.54) is 0 Å². The van der Waals surface area contributed by atoms with Crippen molar-refractivity contribution in [2.24, 2.45) is 11.5 Å². The van der Waals surface area contributed by atoms with E-state index in [0.29, 0.717) is 0 Å². The number of ether oxygens (including phenoxy) is 1. The summed E-state index contributed by atoms with van der Waals surface area (Å²) in [6, 6.07) is -0.700. The zero-order valence-electron chi connectivity index (χ0n) is 7.26. The first-order valence-corrected chi connectivity index (χ1v) is 3.55. The van der Waals surface area contributed by atoms with Gasteiger partial charge < -0.3 is 16.2 Å². The predicted molar refractivity (Wildman–Crippen MR) is 42.9 cm³/mol. The third-order valence-corrected chi connectivity index (χ3v) is 0.963. The summed E-state index contributed by atoms with van der Waals surface area (Å²) >= 11 is 0. The van der Waals surface area contributed by atoms with Crippen molar-refractivity contribution in [2.45, 2.75) is 32.4 Å². The second-order valence-corrected chi connectivity index (χ2v) is 3.38.